The molecule has 0 saturated carbocycles. The second-order valence-electron chi connectivity index (χ2n) is 8.07. The first-order chi connectivity index (χ1) is 13.3. The number of aromatic nitrogens is 1. The zero-order valence-electron chi connectivity index (χ0n) is 16.4. The zero-order chi connectivity index (χ0) is 18.5. The smallest absolute Gasteiger partial charge is 0.136 e. The molecule has 1 aromatic heterocycles. The number of piperidine rings is 1. The van der Waals surface area contributed by atoms with E-state index in [-0.39, 0.29) is 0 Å². The molecular weight excluding hydrogens is 328 g/mol. The van der Waals surface area contributed by atoms with Gasteiger partial charge in [0.05, 0.1) is 0 Å². The van der Waals surface area contributed by atoms with Crippen LogP contribution in [0.1, 0.15) is 44.6 Å². The van der Waals surface area contributed by atoms with E-state index in [2.05, 4.69) is 72.5 Å². The number of nitrogens with zero attached hydrogens (tertiary/aromatic N) is 2. The Balaban J connectivity index is 1.49. The highest BCUT2D eigenvalue weighted by Gasteiger charge is 2.34. The van der Waals surface area contributed by atoms with Gasteiger partial charge in [-0.15, -0.1) is 0 Å². The standard InChI is InChI=1S/C25H30N2/c1-2-25(16-8-12-21-10-4-3-5-11-21)17-9-19-27(20-25)24-23-14-7-6-13-22(23)15-18-26-24/h3-7,10-11,13-15,18H,2,8-9,12,16-17,19-20H2,1H3. The summed E-state index contributed by atoms with van der Waals surface area (Å²) in [6.07, 6.45) is 9.60. The number of hydrogen-bond donors (Lipinski definition) is 0. The zero-order valence-corrected chi connectivity index (χ0v) is 16.4. The Kier molecular flexibility index (Phi) is 5.42. The summed E-state index contributed by atoms with van der Waals surface area (Å²) in [5, 5.41) is 2.58. The highest BCUT2D eigenvalue weighted by molar-refractivity contribution is 5.92. The molecule has 0 aliphatic carbocycles. The van der Waals surface area contributed by atoms with E-state index in [9.17, 15) is 0 Å². The monoisotopic (exact) mass is 358 g/mol. The molecule has 27 heavy (non-hydrogen) atoms. The van der Waals surface area contributed by atoms with Crippen LogP contribution in [0.2, 0.25) is 0 Å². The lowest BCUT2D eigenvalue weighted by Gasteiger charge is -2.43. The third kappa shape index (κ3) is 4.00. The molecular formula is C25H30N2. The molecule has 140 valence electrons. The summed E-state index contributed by atoms with van der Waals surface area (Å²) in [7, 11) is 0. The summed E-state index contributed by atoms with van der Waals surface area (Å²) in [6.45, 7) is 4.64. The quantitative estimate of drug-likeness (QED) is 0.517. The second-order valence-corrected chi connectivity index (χ2v) is 8.07. The molecule has 0 radical (unpaired) electrons. The first-order valence-electron chi connectivity index (χ1n) is 10.4. The van der Waals surface area contributed by atoms with Gasteiger partial charge in [-0.1, -0.05) is 61.5 Å². The molecule has 0 spiro atoms. The summed E-state index contributed by atoms with van der Waals surface area (Å²) in [6, 6.07) is 21.7. The fourth-order valence-electron chi connectivity index (χ4n) is 4.73. The van der Waals surface area contributed by atoms with Gasteiger partial charge < -0.3 is 4.90 Å². The minimum Gasteiger partial charge on any atom is -0.356 e. The van der Waals surface area contributed by atoms with Gasteiger partial charge in [-0.25, -0.2) is 4.98 Å². The lowest BCUT2D eigenvalue weighted by Crippen LogP contribution is -2.43. The second kappa shape index (κ2) is 8.12. The van der Waals surface area contributed by atoms with Gasteiger partial charge in [-0.2, -0.15) is 0 Å². The predicted octanol–water partition coefficient (Wildman–Crippen LogP) is 6.25. The number of fused-ring (bicyclic) bond motifs is 1. The van der Waals surface area contributed by atoms with Crippen molar-refractivity contribution in [2.45, 2.75) is 45.4 Å². The third-order valence-electron chi connectivity index (χ3n) is 6.38. The molecule has 0 N–H and O–H groups in total. The predicted molar refractivity (Wildman–Crippen MR) is 115 cm³/mol. The lowest BCUT2D eigenvalue weighted by atomic mass is 9.73. The minimum atomic E-state index is 0.422. The Morgan fingerprint density at radius 1 is 1.00 bits per heavy atom. The van der Waals surface area contributed by atoms with Crippen molar-refractivity contribution in [1.82, 2.24) is 4.98 Å². The van der Waals surface area contributed by atoms with Gasteiger partial charge in [-0.05, 0) is 61.0 Å². The fourth-order valence-corrected chi connectivity index (χ4v) is 4.73. The molecule has 1 aliphatic rings. The molecule has 1 atom stereocenters. The van der Waals surface area contributed by atoms with Gasteiger partial charge in [0.25, 0.3) is 0 Å². The van der Waals surface area contributed by atoms with Crippen LogP contribution in [0.25, 0.3) is 10.8 Å². The Morgan fingerprint density at radius 3 is 2.67 bits per heavy atom. The topological polar surface area (TPSA) is 16.1 Å². The van der Waals surface area contributed by atoms with E-state index >= 15 is 0 Å². The molecule has 2 heteroatoms. The van der Waals surface area contributed by atoms with Gasteiger partial charge in [0.2, 0.25) is 0 Å². The van der Waals surface area contributed by atoms with Crippen LogP contribution in [0.4, 0.5) is 5.82 Å². The first-order valence-corrected chi connectivity index (χ1v) is 10.4. The van der Waals surface area contributed by atoms with Crippen LogP contribution in [-0.2, 0) is 6.42 Å². The summed E-state index contributed by atoms with van der Waals surface area (Å²) in [5.41, 5.74) is 1.89. The number of anilines is 1. The van der Waals surface area contributed by atoms with Gasteiger partial charge in [0.1, 0.15) is 5.82 Å². The molecule has 0 amide bonds. The molecule has 3 aromatic rings. The molecule has 0 bridgehead atoms. The van der Waals surface area contributed by atoms with Crippen molar-refractivity contribution in [2.24, 2.45) is 5.41 Å². The van der Waals surface area contributed by atoms with Gasteiger partial charge in [0.15, 0.2) is 0 Å². The number of rotatable bonds is 6. The van der Waals surface area contributed by atoms with E-state index in [0.717, 1.165) is 13.1 Å². The van der Waals surface area contributed by atoms with Crippen LogP contribution in [-0.4, -0.2) is 18.1 Å². The van der Waals surface area contributed by atoms with E-state index in [0.29, 0.717) is 5.41 Å². The van der Waals surface area contributed by atoms with E-state index < -0.39 is 0 Å². The number of benzene rings is 2. The van der Waals surface area contributed by atoms with Crippen LogP contribution in [0, 0.1) is 5.41 Å². The summed E-state index contributed by atoms with van der Waals surface area (Å²) >= 11 is 0. The highest BCUT2D eigenvalue weighted by Crippen LogP contribution is 2.40. The van der Waals surface area contributed by atoms with Crippen LogP contribution in [0.5, 0.6) is 0 Å². The maximum Gasteiger partial charge on any atom is 0.136 e. The number of hydrogen-bond acceptors (Lipinski definition) is 2. The van der Waals surface area contributed by atoms with Crippen molar-refractivity contribution in [2.75, 3.05) is 18.0 Å². The van der Waals surface area contributed by atoms with Crippen molar-refractivity contribution >= 4 is 16.6 Å². The SMILES string of the molecule is CCC1(CCCc2ccccc2)CCCN(c2nccc3ccccc23)C1. The fraction of sp³-hybridized carbons (Fsp3) is 0.400. The molecule has 1 unspecified atom stereocenters. The summed E-state index contributed by atoms with van der Waals surface area (Å²) in [5.74, 6) is 1.17. The first kappa shape index (κ1) is 18.0. The lowest BCUT2D eigenvalue weighted by molar-refractivity contribution is 0.198. The maximum atomic E-state index is 4.78. The Labute approximate surface area is 163 Å². The molecule has 1 saturated heterocycles. The molecule has 2 heterocycles. The molecule has 4 rings (SSSR count). The Morgan fingerprint density at radius 2 is 1.81 bits per heavy atom. The van der Waals surface area contributed by atoms with Crippen molar-refractivity contribution in [3.8, 4) is 0 Å². The maximum absolute atomic E-state index is 4.78. The van der Waals surface area contributed by atoms with Gasteiger partial charge in [0, 0.05) is 24.7 Å². The average Bonchev–Trinajstić information content (AvgIpc) is 2.74. The van der Waals surface area contributed by atoms with Crippen LogP contribution >= 0.6 is 0 Å². The summed E-state index contributed by atoms with van der Waals surface area (Å²) < 4.78 is 0. The average molecular weight is 359 g/mol. The van der Waals surface area contributed by atoms with Crippen LogP contribution in [0.15, 0.2) is 66.9 Å². The molecule has 2 nitrogen and oxygen atoms in total. The third-order valence-corrected chi connectivity index (χ3v) is 6.38. The number of aryl methyl sites for hydroxylation is 1. The minimum absolute atomic E-state index is 0.422. The van der Waals surface area contributed by atoms with Crippen LogP contribution in [0.3, 0.4) is 0 Å². The van der Waals surface area contributed by atoms with Gasteiger partial charge >= 0.3 is 0 Å². The Bertz CT molecular complexity index is 868. The Hall–Kier alpha value is -2.35. The van der Waals surface area contributed by atoms with E-state index in [1.807, 2.05) is 6.20 Å². The van der Waals surface area contributed by atoms with E-state index in [4.69, 9.17) is 4.98 Å². The van der Waals surface area contributed by atoms with Crippen molar-refractivity contribution in [3.05, 3.63) is 72.4 Å². The van der Waals surface area contributed by atoms with Gasteiger partial charge in [-0.3, -0.25) is 0 Å². The van der Waals surface area contributed by atoms with Crippen LogP contribution < -0.4 is 4.90 Å². The van der Waals surface area contributed by atoms with E-state index in [1.165, 1.54) is 60.7 Å². The van der Waals surface area contributed by atoms with Crippen molar-refractivity contribution in [1.29, 1.82) is 0 Å². The summed E-state index contributed by atoms with van der Waals surface area (Å²) in [4.78, 5) is 7.34. The normalized spacial score (nSPS) is 20.1. The highest BCUT2D eigenvalue weighted by atomic mass is 15.2. The number of pyridine rings is 1. The molecule has 1 fully saturated rings. The molecule has 2 aromatic carbocycles. The van der Waals surface area contributed by atoms with E-state index in [1.54, 1.807) is 0 Å². The molecule has 1 aliphatic heterocycles. The van der Waals surface area contributed by atoms with Crippen molar-refractivity contribution < 1.29 is 0 Å². The van der Waals surface area contributed by atoms with Crippen molar-refractivity contribution in [3.63, 3.8) is 0 Å². The largest absolute Gasteiger partial charge is 0.356 e.